The molecular formula is C21H23N5OS. The van der Waals surface area contributed by atoms with Crippen LogP contribution in [0.5, 0.6) is 0 Å². The van der Waals surface area contributed by atoms with Crippen LogP contribution in [0.15, 0.2) is 54.6 Å². The minimum Gasteiger partial charge on any atom is -0.323 e. The number of aromatic nitrogens is 2. The van der Waals surface area contributed by atoms with Crippen LogP contribution in [0.25, 0.3) is 17.1 Å². The van der Waals surface area contributed by atoms with Gasteiger partial charge in [0.05, 0.1) is 24.0 Å². The molecule has 1 fully saturated rings. The second kappa shape index (κ2) is 9.05. The summed E-state index contributed by atoms with van der Waals surface area (Å²) in [7, 11) is 0. The van der Waals surface area contributed by atoms with E-state index in [0.717, 1.165) is 61.2 Å². The van der Waals surface area contributed by atoms with Crippen molar-refractivity contribution in [1.29, 1.82) is 0 Å². The normalized spacial score (nSPS) is 16.0. The number of nitrogens with one attached hydrogen (secondary N) is 1. The van der Waals surface area contributed by atoms with Crippen LogP contribution in [0.2, 0.25) is 0 Å². The SMILES string of the molecule is O=C(CN1CCN(C/C=C/c2ccccc2)CC1)Nc1cccc2nsnc12. The zero-order valence-electron chi connectivity index (χ0n) is 15.6. The van der Waals surface area contributed by atoms with E-state index in [1.807, 2.05) is 24.3 Å². The first kappa shape index (κ1) is 18.7. The molecule has 144 valence electrons. The van der Waals surface area contributed by atoms with Gasteiger partial charge < -0.3 is 5.32 Å². The molecule has 1 aromatic heterocycles. The average Bonchev–Trinajstić information content (AvgIpc) is 3.20. The van der Waals surface area contributed by atoms with Gasteiger partial charge >= 0.3 is 0 Å². The molecule has 0 bridgehead atoms. The van der Waals surface area contributed by atoms with Gasteiger partial charge in [-0.05, 0) is 17.7 Å². The molecule has 4 rings (SSSR count). The number of hydrogen-bond donors (Lipinski definition) is 1. The van der Waals surface area contributed by atoms with Crippen LogP contribution in [0.1, 0.15) is 5.56 Å². The Morgan fingerprint density at radius 2 is 1.79 bits per heavy atom. The van der Waals surface area contributed by atoms with E-state index in [1.54, 1.807) is 0 Å². The van der Waals surface area contributed by atoms with Crippen LogP contribution in [0.4, 0.5) is 5.69 Å². The maximum atomic E-state index is 12.4. The molecule has 1 aliphatic rings. The number of piperazine rings is 1. The van der Waals surface area contributed by atoms with E-state index in [2.05, 4.69) is 60.3 Å². The Balaban J connectivity index is 1.22. The molecule has 7 heteroatoms. The smallest absolute Gasteiger partial charge is 0.238 e. The van der Waals surface area contributed by atoms with Crippen LogP contribution >= 0.6 is 11.7 Å². The van der Waals surface area contributed by atoms with E-state index >= 15 is 0 Å². The van der Waals surface area contributed by atoms with E-state index in [0.29, 0.717) is 6.54 Å². The quantitative estimate of drug-likeness (QED) is 0.698. The molecule has 1 N–H and O–H groups in total. The van der Waals surface area contributed by atoms with Gasteiger partial charge in [-0.25, -0.2) is 0 Å². The van der Waals surface area contributed by atoms with Crippen molar-refractivity contribution in [1.82, 2.24) is 18.5 Å². The fraction of sp³-hybridized carbons (Fsp3) is 0.286. The number of benzene rings is 2. The fourth-order valence-corrected chi connectivity index (χ4v) is 3.88. The minimum absolute atomic E-state index is 0.00192. The average molecular weight is 394 g/mol. The molecule has 28 heavy (non-hydrogen) atoms. The Kier molecular flexibility index (Phi) is 6.06. The number of carbonyl (C=O) groups is 1. The number of nitrogens with zero attached hydrogens (tertiary/aromatic N) is 4. The highest BCUT2D eigenvalue weighted by atomic mass is 32.1. The molecule has 0 saturated carbocycles. The first-order valence-corrected chi connectivity index (χ1v) is 10.2. The topological polar surface area (TPSA) is 61.4 Å². The highest BCUT2D eigenvalue weighted by molar-refractivity contribution is 7.00. The second-order valence-electron chi connectivity index (χ2n) is 6.88. The largest absolute Gasteiger partial charge is 0.323 e. The Morgan fingerprint density at radius 1 is 1.00 bits per heavy atom. The van der Waals surface area contributed by atoms with Crippen LogP contribution < -0.4 is 5.32 Å². The maximum absolute atomic E-state index is 12.4. The standard InChI is InChI=1S/C21H23N5OS/c27-20(22-18-9-4-10-19-21(18)24-28-23-19)16-26-14-12-25(13-15-26)11-5-8-17-6-2-1-3-7-17/h1-10H,11-16H2,(H,22,27)/b8-5+. The zero-order valence-corrected chi connectivity index (χ0v) is 16.4. The van der Waals surface area contributed by atoms with Gasteiger partial charge in [0, 0.05) is 32.7 Å². The summed E-state index contributed by atoms with van der Waals surface area (Å²) in [5, 5.41) is 2.98. The van der Waals surface area contributed by atoms with E-state index in [-0.39, 0.29) is 5.91 Å². The molecule has 0 aliphatic carbocycles. The molecule has 1 saturated heterocycles. The molecule has 0 radical (unpaired) electrons. The van der Waals surface area contributed by atoms with Crippen LogP contribution in [0.3, 0.4) is 0 Å². The highest BCUT2D eigenvalue weighted by Gasteiger charge is 2.18. The Morgan fingerprint density at radius 3 is 2.61 bits per heavy atom. The molecule has 1 aliphatic heterocycles. The van der Waals surface area contributed by atoms with Crippen molar-refractivity contribution in [3.05, 3.63) is 60.2 Å². The van der Waals surface area contributed by atoms with Crippen molar-refractivity contribution in [3.63, 3.8) is 0 Å². The molecule has 2 heterocycles. The van der Waals surface area contributed by atoms with Gasteiger partial charge in [0.2, 0.25) is 5.91 Å². The number of anilines is 1. The monoisotopic (exact) mass is 393 g/mol. The van der Waals surface area contributed by atoms with Crippen LogP contribution in [-0.4, -0.2) is 63.7 Å². The summed E-state index contributed by atoms with van der Waals surface area (Å²) in [6.07, 6.45) is 4.37. The van der Waals surface area contributed by atoms with Gasteiger partial charge in [-0.2, -0.15) is 8.75 Å². The van der Waals surface area contributed by atoms with Gasteiger partial charge in [0.1, 0.15) is 11.0 Å². The number of carbonyl (C=O) groups excluding carboxylic acids is 1. The summed E-state index contributed by atoms with van der Waals surface area (Å²) in [4.78, 5) is 17.0. The molecule has 3 aromatic rings. The Hall–Kier alpha value is -2.61. The predicted octanol–water partition coefficient (Wildman–Crippen LogP) is 2.96. The predicted molar refractivity (Wildman–Crippen MR) is 114 cm³/mol. The van der Waals surface area contributed by atoms with Crippen molar-refractivity contribution in [3.8, 4) is 0 Å². The lowest BCUT2D eigenvalue weighted by Crippen LogP contribution is -2.48. The van der Waals surface area contributed by atoms with Gasteiger partial charge in [-0.15, -0.1) is 0 Å². The molecule has 0 unspecified atom stereocenters. The van der Waals surface area contributed by atoms with E-state index in [9.17, 15) is 4.79 Å². The highest BCUT2D eigenvalue weighted by Crippen LogP contribution is 2.21. The Bertz CT molecular complexity index is 948. The third-order valence-electron chi connectivity index (χ3n) is 4.87. The summed E-state index contributed by atoms with van der Waals surface area (Å²) < 4.78 is 8.48. The minimum atomic E-state index is -0.00192. The summed E-state index contributed by atoms with van der Waals surface area (Å²) in [6.45, 7) is 5.08. The molecule has 6 nitrogen and oxygen atoms in total. The second-order valence-corrected chi connectivity index (χ2v) is 7.40. The van der Waals surface area contributed by atoms with Gasteiger partial charge in [-0.1, -0.05) is 48.6 Å². The molecule has 2 aromatic carbocycles. The van der Waals surface area contributed by atoms with Crippen LogP contribution in [-0.2, 0) is 4.79 Å². The molecule has 0 atom stereocenters. The summed E-state index contributed by atoms with van der Waals surface area (Å²) >= 11 is 1.16. The van der Waals surface area contributed by atoms with Crippen molar-refractivity contribution < 1.29 is 4.79 Å². The van der Waals surface area contributed by atoms with Gasteiger partial charge in [0.25, 0.3) is 0 Å². The Labute approximate surface area is 168 Å². The van der Waals surface area contributed by atoms with Gasteiger partial charge in [-0.3, -0.25) is 14.6 Å². The van der Waals surface area contributed by atoms with E-state index in [4.69, 9.17) is 0 Å². The number of fused-ring (bicyclic) bond motifs is 1. The molecular weight excluding hydrogens is 370 g/mol. The summed E-state index contributed by atoms with van der Waals surface area (Å²) in [5.74, 6) is -0.00192. The summed E-state index contributed by atoms with van der Waals surface area (Å²) in [6, 6.07) is 16.0. The van der Waals surface area contributed by atoms with Crippen molar-refractivity contribution in [2.24, 2.45) is 0 Å². The first-order chi connectivity index (χ1) is 13.8. The van der Waals surface area contributed by atoms with Crippen molar-refractivity contribution in [2.45, 2.75) is 0 Å². The summed E-state index contributed by atoms with van der Waals surface area (Å²) in [5.41, 5.74) is 3.54. The van der Waals surface area contributed by atoms with Crippen molar-refractivity contribution in [2.75, 3.05) is 44.6 Å². The van der Waals surface area contributed by atoms with E-state index < -0.39 is 0 Å². The fourth-order valence-electron chi connectivity index (χ4n) is 3.33. The number of hydrogen-bond acceptors (Lipinski definition) is 6. The maximum Gasteiger partial charge on any atom is 0.238 e. The lowest BCUT2D eigenvalue weighted by atomic mass is 10.2. The van der Waals surface area contributed by atoms with Crippen LogP contribution in [0, 0.1) is 0 Å². The van der Waals surface area contributed by atoms with E-state index in [1.165, 1.54) is 5.56 Å². The molecule has 1 amide bonds. The third kappa shape index (κ3) is 4.81. The van der Waals surface area contributed by atoms with Gasteiger partial charge in [0.15, 0.2) is 0 Å². The number of amides is 1. The lowest BCUT2D eigenvalue weighted by molar-refractivity contribution is -0.117. The molecule has 0 spiro atoms. The zero-order chi connectivity index (χ0) is 19.2. The lowest BCUT2D eigenvalue weighted by Gasteiger charge is -2.33. The first-order valence-electron chi connectivity index (χ1n) is 9.45. The third-order valence-corrected chi connectivity index (χ3v) is 5.41. The number of rotatable bonds is 6. The van der Waals surface area contributed by atoms with Crippen molar-refractivity contribution >= 4 is 40.4 Å².